The third-order valence-electron chi connectivity index (χ3n) is 2.27. The topological polar surface area (TPSA) is 84.6 Å². The molecule has 16 heavy (non-hydrogen) atoms. The Labute approximate surface area is 97.3 Å². The van der Waals surface area contributed by atoms with E-state index in [0.717, 1.165) is 19.3 Å². The van der Waals surface area contributed by atoms with Crippen LogP contribution in [0.5, 0.6) is 0 Å². The van der Waals surface area contributed by atoms with Crippen LogP contribution in [-0.4, -0.2) is 43.9 Å². The van der Waals surface area contributed by atoms with Crippen LogP contribution in [0.1, 0.15) is 32.1 Å². The van der Waals surface area contributed by atoms with Gasteiger partial charge in [-0.3, -0.25) is 4.79 Å². The Morgan fingerprint density at radius 1 is 1.44 bits per heavy atom. The van der Waals surface area contributed by atoms with Crippen LogP contribution in [-0.2, 0) is 9.53 Å². The number of carbonyl (C=O) groups is 1. The Morgan fingerprint density at radius 2 is 2.19 bits per heavy atom. The van der Waals surface area contributed by atoms with Crippen molar-refractivity contribution in [2.75, 3.05) is 26.8 Å². The number of unbranched alkanes of at least 4 members (excludes halogenated alkanes) is 2. The largest absolute Gasteiger partial charge is 0.391 e. The monoisotopic (exact) mass is 232 g/mol. The van der Waals surface area contributed by atoms with E-state index in [1.807, 2.05) is 0 Å². The van der Waals surface area contributed by atoms with E-state index in [1.54, 1.807) is 7.11 Å². The molecule has 0 spiro atoms. The van der Waals surface area contributed by atoms with Crippen LogP contribution in [0.3, 0.4) is 0 Å². The van der Waals surface area contributed by atoms with Gasteiger partial charge in [0.15, 0.2) is 0 Å². The normalized spacial score (nSPS) is 12.4. The molecular weight excluding hydrogens is 208 g/mol. The molecule has 5 heteroatoms. The molecule has 0 bridgehead atoms. The van der Waals surface area contributed by atoms with Gasteiger partial charge in [0.2, 0.25) is 5.91 Å². The number of nitrogens with two attached hydrogens (primary N) is 1. The van der Waals surface area contributed by atoms with Crippen molar-refractivity contribution in [1.29, 1.82) is 0 Å². The maximum atomic E-state index is 11.3. The molecule has 96 valence electrons. The molecule has 0 aliphatic carbocycles. The lowest BCUT2D eigenvalue weighted by Crippen LogP contribution is -2.28. The summed E-state index contributed by atoms with van der Waals surface area (Å²) in [5.41, 5.74) is 5.35. The number of hydrogen-bond acceptors (Lipinski definition) is 4. The van der Waals surface area contributed by atoms with Crippen LogP contribution >= 0.6 is 0 Å². The van der Waals surface area contributed by atoms with Crippen LogP contribution in [0.2, 0.25) is 0 Å². The number of nitrogens with one attached hydrogen (secondary N) is 1. The van der Waals surface area contributed by atoms with E-state index in [9.17, 15) is 9.90 Å². The molecule has 0 saturated heterocycles. The van der Waals surface area contributed by atoms with E-state index in [0.29, 0.717) is 32.5 Å². The number of rotatable bonds is 10. The van der Waals surface area contributed by atoms with E-state index in [-0.39, 0.29) is 5.91 Å². The second-order valence-corrected chi connectivity index (χ2v) is 3.85. The summed E-state index contributed by atoms with van der Waals surface area (Å²) in [5, 5.41) is 12.1. The van der Waals surface area contributed by atoms with Gasteiger partial charge in [0.1, 0.15) is 0 Å². The molecule has 0 fully saturated rings. The quantitative estimate of drug-likeness (QED) is 0.464. The average Bonchev–Trinajstić information content (AvgIpc) is 2.25. The number of carbonyl (C=O) groups excluding carboxylic acids is 1. The van der Waals surface area contributed by atoms with Gasteiger partial charge >= 0.3 is 0 Å². The van der Waals surface area contributed by atoms with E-state index >= 15 is 0 Å². The van der Waals surface area contributed by atoms with Gasteiger partial charge in [-0.05, 0) is 25.8 Å². The number of ether oxygens (including phenoxy) is 1. The fraction of sp³-hybridized carbons (Fsp3) is 0.909. The Balaban J connectivity index is 3.29. The zero-order chi connectivity index (χ0) is 12.2. The van der Waals surface area contributed by atoms with Crippen molar-refractivity contribution < 1.29 is 14.6 Å². The van der Waals surface area contributed by atoms with Crippen LogP contribution in [0.4, 0.5) is 0 Å². The predicted octanol–water partition coefficient (Wildman–Crippen LogP) is 0.0191. The highest BCUT2D eigenvalue weighted by Gasteiger charge is 2.04. The van der Waals surface area contributed by atoms with E-state index in [1.165, 1.54) is 0 Å². The summed E-state index contributed by atoms with van der Waals surface area (Å²) in [6, 6.07) is 0. The lowest BCUT2D eigenvalue weighted by atomic mass is 10.2. The maximum Gasteiger partial charge on any atom is 0.219 e. The van der Waals surface area contributed by atoms with Crippen LogP contribution < -0.4 is 11.1 Å². The molecule has 0 heterocycles. The molecule has 1 unspecified atom stereocenters. The molecule has 0 aromatic rings. The number of aliphatic hydroxyl groups excluding tert-OH is 1. The van der Waals surface area contributed by atoms with Crippen LogP contribution in [0, 0.1) is 0 Å². The van der Waals surface area contributed by atoms with E-state index in [4.69, 9.17) is 10.5 Å². The van der Waals surface area contributed by atoms with Crippen molar-refractivity contribution in [1.82, 2.24) is 5.32 Å². The van der Waals surface area contributed by atoms with Gasteiger partial charge in [-0.1, -0.05) is 6.42 Å². The molecule has 0 aromatic carbocycles. The molecule has 1 amide bonds. The van der Waals surface area contributed by atoms with Gasteiger partial charge in [0, 0.05) is 20.1 Å². The molecule has 0 radical (unpaired) electrons. The fourth-order valence-corrected chi connectivity index (χ4v) is 1.35. The highest BCUT2D eigenvalue weighted by molar-refractivity contribution is 5.75. The number of hydrogen-bond donors (Lipinski definition) is 3. The highest BCUT2D eigenvalue weighted by atomic mass is 16.5. The van der Waals surface area contributed by atoms with Crippen molar-refractivity contribution in [3.05, 3.63) is 0 Å². The second-order valence-electron chi connectivity index (χ2n) is 3.85. The molecule has 0 aliphatic rings. The minimum absolute atomic E-state index is 0.0432. The fourth-order valence-electron chi connectivity index (χ4n) is 1.35. The number of methoxy groups -OCH3 is 1. The Bertz CT molecular complexity index is 177. The summed E-state index contributed by atoms with van der Waals surface area (Å²) in [6.45, 7) is 1.50. The Morgan fingerprint density at radius 3 is 2.81 bits per heavy atom. The summed E-state index contributed by atoms with van der Waals surface area (Å²) in [6.07, 6.45) is 3.42. The molecule has 0 rings (SSSR count). The van der Waals surface area contributed by atoms with Crippen molar-refractivity contribution in [3.63, 3.8) is 0 Å². The Hall–Kier alpha value is -0.650. The molecule has 0 saturated carbocycles. The smallest absolute Gasteiger partial charge is 0.219 e. The van der Waals surface area contributed by atoms with Crippen molar-refractivity contribution in [2.24, 2.45) is 5.73 Å². The lowest BCUT2D eigenvalue weighted by molar-refractivity contribution is -0.121. The average molecular weight is 232 g/mol. The standard InChI is InChI=1S/C11H24N2O3/c1-16-9-10(14)6-8-13-11(15)5-3-2-4-7-12/h10,14H,2-9,12H2,1H3,(H,13,15). The maximum absolute atomic E-state index is 11.3. The third kappa shape index (κ3) is 9.89. The second kappa shape index (κ2) is 10.9. The first-order valence-corrected chi connectivity index (χ1v) is 5.84. The molecule has 4 N–H and O–H groups in total. The van der Waals surface area contributed by atoms with E-state index in [2.05, 4.69) is 5.32 Å². The summed E-state index contributed by atoms with van der Waals surface area (Å²) >= 11 is 0. The van der Waals surface area contributed by atoms with Gasteiger partial charge in [0.25, 0.3) is 0 Å². The SMILES string of the molecule is COCC(O)CCNC(=O)CCCCCN. The van der Waals surface area contributed by atoms with Gasteiger partial charge in [-0.2, -0.15) is 0 Å². The first-order chi connectivity index (χ1) is 7.70. The van der Waals surface area contributed by atoms with Gasteiger partial charge in [-0.15, -0.1) is 0 Å². The van der Waals surface area contributed by atoms with Crippen molar-refractivity contribution in [2.45, 2.75) is 38.2 Å². The zero-order valence-electron chi connectivity index (χ0n) is 10.1. The third-order valence-corrected chi connectivity index (χ3v) is 2.27. The van der Waals surface area contributed by atoms with Crippen LogP contribution in [0.25, 0.3) is 0 Å². The molecule has 0 aromatic heterocycles. The summed E-state index contributed by atoms with van der Waals surface area (Å²) < 4.78 is 4.78. The molecule has 1 atom stereocenters. The van der Waals surface area contributed by atoms with Gasteiger partial charge in [-0.25, -0.2) is 0 Å². The first-order valence-electron chi connectivity index (χ1n) is 5.84. The van der Waals surface area contributed by atoms with Gasteiger partial charge in [0.05, 0.1) is 12.7 Å². The molecule has 5 nitrogen and oxygen atoms in total. The first kappa shape index (κ1) is 15.3. The predicted molar refractivity (Wildman–Crippen MR) is 63.0 cm³/mol. The zero-order valence-corrected chi connectivity index (χ0v) is 10.1. The lowest BCUT2D eigenvalue weighted by Gasteiger charge is -2.09. The summed E-state index contributed by atoms with van der Waals surface area (Å²) in [4.78, 5) is 11.3. The Kier molecular flexibility index (Phi) is 10.4. The van der Waals surface area contributed by atoms with Gasteiger partial charge < -0.3 is 20.9 Å². The highest BCUT2D eigenvalue weighted by Crippen LogP contribution is 1.98. The molecule has 0 aliphatic heterocycles. The summed E-state index contributed by atoms with van der Waals surface area (Å²) in [7, 11) is 1.54. The minimum atomic E-state index is -0.498. The number of aliphatic hydroxyl groups is 1. The van der Waals surface area contributed by atoms with Crippen LogP contribution in [0.15, 0.2) is 0 Å². The molecular formula is C11H24N2O3. The number of amides is 1. The minimum Gasteiger partial charge on any atom is -0.391 e. The summed E-state index contributed by atoms with van der Waals surface area (Å²) in [5.74, 6) is 0.0432. The van der Waals surface area contributed by atoms with E-state index < -0.39 is 6.10 Å². The van der Waals surface area contributed by atoms with Crippen molar-refractivity contribution in [3.8, 4) is 0 Å². The van der Waals surface area contributed by atoms with Crippen molar-refractivity contribution >= 4 is 5.91 Å².